The quantitative estimate of drug-likeness (QED) is 0.368. The molecule has 0 spiro atoms. The van der Waals surface area contributed by atoms with Gasteiger partial charge in [0.1, 0.15) is 5.75 Å². The molecule has 2 fully saturated rings. The van der Waals surface area contributed by atoms with E-state index in [0.29, 0.717) is 6.54 Å². The minimum Gasteiger partial charge on any atom is -0.497 e. The largest absolute Gasteiger partial charge is 0.497 e. The number of ether oxygens (including phenoxy) is 1. The van der Waals surface area contributed by atoms with Crippen molar-refractivity contribution in [3.63, 3.8) is 0 Å². The van der Waals surface area contributed by atoms with Crippen LogP contribution >= 0.6 is 11.8 Å². The number of carbonyl (C=O) groups is 1. The molecule has 1 aliphatic heterocycles. The molecule has 0 amide bonds. The molecule has 2 heterocycles. The Bertz CT molecular complexity index is 984. The molecule has 8 heteroatoms. The molecule has 1 saturated heterocycles. The Morgan fingerprint density at radius 1 is 1.22 bits per heavy atom. The average Bonchev–Trinajstić information content (AvgIpc) is 2.91. The third-order valence-corrected chi connectivity index (χ3v) is 9.28. The second-order valence-electron chi connectivity index (χ2n) is 10.2. The summed E-state index contributed by atoms with van der Waals surface area (Å²) < 4.78 is 5.43. The number of fused-ring (bicyclic) bond motifs is 1. The predicted octanol–water partition coefficient (Wildman–Crippen LogP) is 5.30. The van der Waals surface area contributed by atoms with Crippen molar-refractivity contribution in [2.45, 2.75) is 62.7 Å². The Balaban J connectivity index is 1.36. The number of carboxylic acid groups (broad SMARTS) is 1. The molecule has 198 valence electrons. The number of likely N-dealkylation sites (tertiary alicyclic amines) is 1. The van der Waals surface area contributed by atoms with Gasteiger partial charge in [0.25, 0.3) is 0 Å². The van der Waals surface area contributed by atoms with Gasteiger partial charge in [-0.25, -0.2) is 0 Å². The van der Waals surface area contributed by atoms with Crippen LogP contribution in [-0.4, -0.2) is 65.8 Å². The minimum atomic E-state index is -0.667. The molecule has 7 nitrogen and oxygen atoms in total. The normalized spacial score (nSPS) is 22.5. The third-order valence-electron chi connectivity index (χ3n) is 7.91. The number of aliphatic carboxylic acids is 1. The number of methoxy groups -OCH3 is 1. The first-order chi connectivity index (χ1) is 17.6. The van der Waals surface area contributed by atoms with Crippen molar-refractivity contribution in [1.29, 1.82) is 0 Å². The van der Waals surface area contributed by atoms with Crippen LogP contribution in [0.5, 0.6) is 5.75 Å². The van der Waals surface area contributed by atoms with E-state index < -0.39 is 5.97 Å². The van der Waals surface area contributed by atoms with E-state index in [1.54, 1.807) is 14.2 Å². The summed E-state index contributed by atoms with van der Waals surface area (Å²) in [6.45, 7) is 2.64. The SMILES string of the molecule is CONC(CC[C@@H]1CCN(CCSC2CCCCC2)C[C@@H]1C(=O)O)c1ccnc2ccc(OC)cc12. The number of hydrogen-bond acceptors (Lipinski definition) is 7. The summed E-state index contributed by atoms with van der Waals surface area (Å²) in [5, 5.41) is 11.9. The number of nitrogens with zero attached hydrogens (tertiary/aromatic N) is 2. The summed E-state index contributed by atoms with van der Waals surface area (Å²) >= 11 is 2.10. The van der Waals surface area contributed by atoms with Gasteiger partial charge >= 0.3 is 5.97 Å². The van der Waals surface area contributed by atoms with Crippen LogP contribution < -0.4 is 10.2 Å². The zero-order chi connectivity index (χ0) is 25.3. The van der Waals surface area contributed by atoms with E-state index >= 15 is 0 Å². The Hall–Kier alpha value is -1.87. The van der Waals surface area contributed by atoms with E-state index in [-0.39, 0.29) is 17.9 Å². The molecule has 1 saturated carbocycles. The summed E-state index contributed by atoms with van der Waals surface area (Å²) in [4.78, 5) is 24.5. The molecule has 4 rings (SSSR count). The average molecular weight is 516 g/mol. The summed E-state index contributed by atoms with van der Waals surface area (Å²) in [6, 6.07) is 7.83. The lowest BCUT2D eigenvalue weighted by Crippen LogP contribution is -2.45. The van der Waals surface area contributed by atoms with Gasteiger partial charge in [0.2, 0.25) is 0 Å². The first-order valence-electron chi connectivity index (χ1n) is 13.4. The number of hydroxylamine groups is 1. The Kier molecular flexibility index (Phi) is 10.3. The van der Waals surface area contributed by atoms with E-state index in [9.17, 15) is 9.90 Å². The summed E-state index contributed by atoms with van der Waals surface area (Å²) in [5.74, 6) is 1.07. The monoisotopic (exact) mass is 515 g/mol. The number of rotatable bonds is 12. The lowest BCUT2D eigenvalue weighted by Gasteiger charge is -2.37. The predicted molar refractivity (Wildman–Crippen MR) is 145 cm³/mol. The fraction of sp³-hybridized carbons (Fsp3) is 0.643. The number of nitrogens with one attached hydrogen (secondary N) is 1. The molecule has 3 atom stereocenters. The summed E-state index contributed by atoms with van der Waals surface area (Å²) in [6.07, 6.45) is 11.2. The van der Waals surface area contributed by atoms with Gasteiger partial charge in [0, 0.05) is 35.7 Å². The van der Waals surface area contributed by atoms with Gasteiger partial charge in [-0.15, -0.1) is 0 Å². The van der Waals surface area contributed by atoms with Crippen LogP contribution in [0.4, 0.5) is 0 Å². The maximum atomic E-state index is 12.2. The van der Waals surface area contributed by atoms with Gasteiger partial charge in [-0.2, -0.15) is 17.2 Å². The van der Waals surface area contributed by atoms with Crippen molar-refractivity contribution < 1.29 is 19.5 Å². The van der Waals surface area contributed by atoms with Crippen molar-refractivity contribution in [3.8, 4) is 5.75 Å². The lowest BCUT2D eigenvalue weighted by atomic mass is 9.81. The van der Waals surface area contributed by atoms with E-state index in [1.165, 1.54) is 32.1 Å². The highest BCUT2D eigenvalue weighted by Crippen LogP contribution is 2.34. The van der Waals surface area contributed by atoms with Crippen molar-refractivity contribution in [2.75, 3.05) is 39.6 Å². The first kappa shape index (κ1) is 27.2. The zero-order valence-electron chi connectivity index (χ0n) is 21.7. The Morgan fingerprint density at radius 2 is 2.06 bits per heavy atom. The van der Waals surface area contributed by atoms with Crippen LogP contribution in [-0.2, 0) is 9.63 Å². The number of aromatic nitrogens is 1. The lowest BCUT2D eigenvalue weighted by molar-refractivity contribution is -0.146. The summed E-state index contributed by atoms with van der Waals surface area (Å²) in [5.41, 5.74) is 5.14. The number of benzene rings is 1. The maximum absolute atomic E-state index is 12.2. The Labute approximate surface area is 219 Å². The second-order valence-corrected chi connectivity index (χ2v) is 11.6. The van der Waals surface area contributed by atoms with E-state index in [4.69, 9.17) is 9.57 Å². The van der Waals surface area contributed by atoms with Crippen molar-refractivity contribution in [1.82, 2.24) is 15.4 Å². The number of carboxylic acids is 1. The van der Waals surface area contributed by atoms with Crippen molar-refractivity contribution in [3.05, 3.63) is 36.0 Å². The molecule has 2 N–H and O–H groups in total. The second kappa shape index (κ2) is 13.6. The first-order valence-corrected chi connectivity index (χ1v) is 14.4. The molecule has 36 heavy (non-hydrogen) atoms. The smallest absolute Gasteiger partial charge is 0.308 e. The van der Waals surface area contributed by atoms with Crippen LogP contribution in [0.1, 0.15) is 63.0 Å². The van der Waals surface area contributed by atoms with Crippen molar-refractivity contribution >= 4 is 28.6 Å². The molecule has 2 aromatic rings. The number of pyridine rings is 1. The molecule has 1 aliphatic carbocycles. The van der Waals surface area contributed by atoms with Gasteiger partial charge < -0.3 is 19.6 Å². The maximum Gasteiger partial charge on any atom is 0.308 e. The zero-order valence-corrected chi connectivity index (χ0v) is 22.5. The van der Waals surface area contributed by atoms with Crippen molar-refractivity contribution in [2.24, 2.45) is 11.8 Å². The Morgan fingerprint density at radius 3 is 2.81 bits per heavy atom. The molecule has 0 bridgehead atoms. The van der Waals surface area contributed by atoms with E-state index in [1.807, 2.05) is 30.5 Å². The molecule has 1 aromatic heterocycles. The molecule has 1 unspecified atom stereocenters. The van der Waals surface area contributed by atoms with Crippen LogP contribution in [0, 0.1) is 11.8 Å². The van der Waals surface area contributed by atoms with Crippen LogP contribution in [0.25, 0.3) is 10.9 Å². The van der Waals surface area contributed by atoms with Crippen LogP contribution in [0.15, 0.2) is 30.5 Å². The number of piperidine rings is 1. The van der Waals surface area contributed by atoms with E-state index in [0.717, 1.165) is 65.6 Å². The van der Waals surface area contributed by atoms with Gasteiger partial charge in [-0.1, -0.05) is 19.3 Å². The fourth-order valence-corrected chi connectivity index (χ4v) is 7.22. The molecule has 2 aliphatic rings. The van der Waals surface area contributed by atoms with Crippen LogP contribution in [0.3, 0.4) is 0 Å². The molecule has 1 aromatic carbocycles. The number of thioether (sulfide) groups is 1. The highest BCUT2D eigenvalue weighted by molar-refractivity contribution is 7.99. The highest BCUT2D eigenvalue weighted by atomic mass is 32.2. The fourth-order valence-electron chi connectivity index (χ4n) is 5.86. The standard InChI is InChI=1S/C28H41N3O4S/c1-34-21-9-11-26-24(18-21)23(12-14-29-26)27(30-35-2)10-8-20-13-15-31(19-25(20)28(32)33)16-17-36-22-6-4-3-5-7-22/h9,11-12,14,18,20,22,25,27,30H,3-8,10,13,15-17,19H2,1-2H3,(H,32,33)/t20-,25+,27?/m1/s1. The van der Waals surface area contributed by atoms with Gasteiger partial charge in [-0.05, 0) is 74.4 Å². The van der Waals surface area contributed by atoms with Gasteiger partial charge in [-0.3, -0.25) is 9.78 Å². The van der Waals surface area contributed by atoms with E-state index in [2.05, 4.69) is 27.1 Å². The number of hydrogen-bond donors (Lipinski definition) is 2. The van der Waals surface area contributed by atoms with Crippen LogP contribution in [0.2, 0.25) is 0 Å². The molecular weight excluding hydrogens is 474 g/mol. The highest BCUT2D eigenvalue weighted by Gasteiger charge is 2.34. The molecular formula is C28H41N3O4S. The summed E-state index contributed by atoms with van der Waals surface area (Å²) in [7, 11) is 3.29. The van der Waals surface area contributed by atoms with Gasteiger partial charge in [0.15, 0.2) is 0 Å². The minimum absolute atomic E-state index is 0.0630. The van der Waals surface area contributed by atoms with Gasteiger partial charge in [0.05, 0.1) is 31.7 Å². The third kappa shape index (κ3) is 7.12. The molecule has 0 radical (unpaired) electrons. The topological polar surface area (TPSA) is 83.9 Å².